The SMILES string of the molecule is COC(=O)N1CCN(S(=O)(=O)c2ccc(OC(C)C)cc2)CC1. The zero-order valence-corrected chi connectivity index (χ0v) is 14.4. The van der Waals surface area contributed by atoms with E-state index in [1.807, 2.05) is 13.8 Å². The van der Waals surface area contributed by atoms with Gasteiger partial charge in [-0.25, -0.2) is 13.2 Å². The van der Waals surface area contributed by atoms with Gasteiger partial charge in [0.25, 0.3) is 0 Å². The van der Waals surface area contributed by atoms with Gasteiger partial charge in [-0.2, -0.15) is 4.31 Å². The first-order valence-electron chi connectivity index (χ1n) is 7.44. The molecule has 0 atom stereocenters. The highest BCUT2D eigenvalue weighted by Crippen LogP contribution is 2.21. The van der Waals surface area contributed by atoms with Crippen LogP contribution >= 0.6 is 0 Å². The van der Waals surface area contributed by atoms with E-state index in [0.717, 1.165) is 0 Å². The van der Waals surface area contributed by atoms with Crippen molar-refractivity contribution in [1.29, 1.82) is 0 Å². The molecule has 8 heteroatoms. The molecule has 2 rings (SSSR count). The Morgan fingerprint density at radius 3 is 2.13 bits per heavy atom. The average molecular weight is 342 g/mol. The van der Waals surface area contributed by atoms with Crippen LogP contribution in [0.5, 0.6) is 5.75 Å². The molecule has 1 aromatic rings. The molecule has 0 spiro atoms. The molecule has 1 saturated heterocycles. The lowest BCUT2D eigenvalue weighted by Crippen LogP contribution is -2.50. The van der Waals surface area contributed by atoms with E-state index in [-0.39, 0.29) is 24.1 Å². The van der Waals surface area contributed by atoms with Gasteiger partial charge in [-0.3, -0.25) is 0 Å². The topological polar surface area (TPSA) is 76.2 Å². The first-order valence-corrected chi connectivity index (χ1v) is 8.88. The van der Waals surface area contributed by atoms with Crippen LogP contribution in [0.1, 0.15) is 13.8 Å². The molecular formula is C15H22N2O5S. The summed E-state index contributed by atoms with van der Waals surface area (Å²) in [6, 6.07) is 6.38. The lowest BCUT2D eigenvalue weighted by Gasteiger charge is -2.33. The summed E-state index contributed by atoms with van der Waals surface area (Å²) in [6.07, 6.45) is -0.402. The lowest BCUT2D eigenvalue weighted by atomic mass is 10.3. The number of hydrogen-bond donors (Lipinski definition) is 0. The maximum absolute atomic E-state index is 12.6. The molecule has 0 radical (unpaired) electrons. The van der Waals surface area contributed by atoms with E-state index in [1.165, 1.54) is 16.3 Å². The highest BCUT2D eigenvalue weighted by Gasteiger charge is 2.30. The van der Waals surface area contributed by atoms with Crippen molar-refractivity contribution < 1.29 is 22.7 Å². The second-order valence-electron chi connectivity index (χ2n) is 5.50. The summed E-state index contributed by atoms with van der Waals surface area (Å²) < 4.78 is 36.8. The molecule has 128 valence electrons. The quantitative estimate of drug-likeness (QED) is 0.830. The molecule has 1 aromatic carbocycles. The van der Waals surface area contributed by atoms with Gasteiger partial charge < -0.3 is 14.4 Å². The van der Waals surface area contributed by atoms with E-state index in [1.54, 1.807) is 24.3 Å². The Kier molecular flexibility index (Phi) is 5.48. The molecule has 0 unspecified atom stereocenters. The van der Waals surface area contributed by atoms with Crippen LogP contribution in [0, 0.1) is 0 Å². The number of methoxy groups -OCH3 is 1. The fourth-order valence-electron chi connectivity index (χ4n) is 2.35. The van der Waals surface area contributed by atoms with Crippen molar-refractivity contribution in [2.45, 2.75) is 24.8 Å². The van der Waals surface area contributed by atoms with Crippen LogP contribution in [0.4, 0.5) is 4.79 Å². The minimum Gasteiger partial charge on any atom is -0.491 e. The van der Waals surface area contributed by atoms with Crippen molar-refractivity contribution in [2.75, 3.05) is 33.3 Å². The summed E-state index contributed by atoms with van der Waals surface area (Å²) in [5.74, 6) is 0.634. The van der Waals surface area contributed by atoms with Crippen LogP contribution in [-0.4, -0.2) is 63.1 Å². The zero-order valence-electron chi connectivity index (χ0n) is 13.6. The molecule has 1 aliphatic rings. The number of benzene rings is 1. The second kappa shape index (κ2) is 7.18. The summed E-state index contributed by atoms with van der Waals surface area (Å²) >= 11 is 0. The van der Waals surface area contributed by atoms with Crippen molar-refractivity contribution in [1.82, 2.24) is 9.21 Å². The number of sulfonamides is 1. The van der Waals surface area contributed by atoms with Crippen LogP contribution in [0.15, 0.2) is 29.2 Å². The molecule has 1 fully saturated rings. The smallest absolute Gasteiger partial charge is 0.409 e. The van der Waals surface area contributed by atoms with Gasteiger partial charge in [0.2, 0.25) is 10.0 Å². The Morgan fingerprint density at radius 2 is 1.65 bits per heavy atom. The molecule has 0 aliphatic carbocycles. The molecule has 0 bridgehead atoms. The van der Waals surface area contributed by atoms with Gasteiger partial charge in [-0.1, -0.05) is 0 Å². The average Bonchev–Trinajstić information content (AvgIpc) is 2.54. The monoisotopic (exact) mass is 342 g/mol. The third-order valence-electron chi connectivity index (χ3n) is 3.50. The zero-order chi connectivity index (χ0) is 17.0. The standard InChI is InChI=1S/C15H22N2O5S/c1-12(2)22-13-4-6-14(7-5-13)23(19,20)17-10-8-16(9-11-17)15(18)21-3/h4-7,12H,8-11H2,1-3H3. The lowest BCUT2D eigenvalue weighted by molar-refractivity contribution is 0.108. The number of nitrogens with zero attached hydrogens (tertiary/aromatic N) is 2. The van der Waals surface area contributed by atoms with E-state index >= 15 is 0 Å². The van der Waals surface area contributed by atoms with Gasteiger partial charge >= 0.3 is 6.09 Å². The molecular weight excluding hydrogens is 320 g/mol. The van der Waals surface area contributed by atoms with Gasteiger partial charge in [0.1, 0.15) is 5.75 Å². The number of piperazine rings is 1. The Morgan fingerprint density at radius 1 is 1.09 bits per heavy atom. The number of ether oxygens (including phenoxy) is 2. The van der Waals surface area contributed by atoms with E-state index in [2.05, 4.69) is 4.74 Å². The minimum absolute atomic E-state index is 0.0313. The first kappa shape index (κ1) is 17.6. The maximum Gasteiger partial charge on any atom is 0.409 e. The maximum atomic E-state index is 12.6. The third-order valence-corrected chi connectivity index (χ3v) is 5.42. The number of carbonyl (C=O) groups excluding carboxylic acids is 1. The highest BCUT2D eigenvalue weighted by molar-refractivity contribution is 7.89. The first-order chi connectivity index (χ1) is 10.8. The Bertz CT molecular complexity index is 634. The largest absolute Gasteiger partial charge is 0.491 e. The highest BCUT2D eigenvalue weighted by atomic mass is 32.2. The van der Waals surface area contributed by atoms with Gasteiger partial charge in [-0.05, 0) is 38.1 Å². The molecule has 1 amide bonds. The van der Waals surface area contributed by atoms with Crippen molar-refractivity contribution in [3.8, 4) is 5.75 Å². The van der Waals surface area contributed by atoms with E-state index in [4.69, 9.17) is 4.74 Å². The Hall–Kier alpha value is -1.80. The van der Waals surface area contributed by atoms with Crippen LogP contribution in [0.2, 0.25) is 0 Å². The number of carbonyl (C=O) groups is 1. The molecule has 0 saturated carbocycles. The normalized spacial score (nSPS) is 16.4. The van der Waals surface area contributed by atoms with Crippen LogP contribution in [0.25, 0.3) is 0 Å². The van der Waals surface area contributed by atoms with Gasteiger partial charge in [0.05, 0.1) is 18.1 Å². The molecule has 0 aromatic heterocycles. The minimum atomic E-state index is -3.56. The predicted octanol–water partition coefficient (Wildman–Crippen LogP) is 1.55. The Labute approximate surface area is 136 Å². The molecule has 1 aliphatic heterocycles. The molecule has 0 N–H and O–H groups in total. The van der Waals surface area contributed by atoms with Gasteiger partial charge in [0, 0.05) is 26.2 Å². The fraction of sp³-hybridized carbons (Fsp3) is 0.533. The van der Waals surface area contributed by atoms with Crippen molar-refractivity contribution in [2.24, 2.45) is 0 Å². The number of hydrogen-bond acceptors (Lipinski definition) is 5. The van der Waals surface area contributed by atoms with E-state index in [9.17, 15) is 13.2 Å². The summed E-state index contributed by atoms with van der Waals surface area (Å²) in [5.41, 5.74) is 0. The summed E-state index contributed by atoms with van der Waals surface area (Å²) in [4.78, 5) is 13.2. The van der Waals surface area contributed by atoms with Crippen LogP contribution < -0.4 is 4.74 Å². The summed E-state index contributed by atoms with van der Waals surface area (Å²) in [7, 11) is -2.25. The second-order valence-corrected chi connectivity index (χ2v) is 7.44. The fourth-order valence-corrected chi connectivity index (χ4v) is 3.77. The van der Waals surface area contributed by atoms with Gasteiger partial charge in [-0.15, -0.1) is 0 Å². The number of amides is 1. The number of rotatable bonds is 4. The van der Waals surface area contributed by atoms with Crippen LogP contribution in [0.3, 0.4) is 0 Å². The van der Waals surface area contributed by atoms with E-state index < -0.39 is 16.1 Å². The third kappa shape index (κ3) is 4.14. The molecule has 1 heterocycles. The molecule has 7 nitrogen and oxygen atoms in total. The predicted molar refractivity (Wildman–Crippen MR) is 84.9 cm³/mol. The summed E-state index contributed by atoms with van der Waals surface area (Å²) in [5, 5.41) is 0. The Balaban J connectivity index is 2.06. The van der Waals surface area contributed by atoms with Crippen molar-refractivity contribution in [3.05, 3.63) is 24.3 Å². The van der Waals surface area contributed by atoms with Crippen molar-refractivity contribution >= 4 is 16.1 Å². The van der Waals surface area contributed by atoms with Crippen LogP contribution in [-0.2, 0) is 14.8 Å². The van der Waals surface area contributed by atoms with Crippen molar-refractivity contribution in [3.63, 3.8) is 0 Å². The summed E-state index contributed by atoms with van der Waals surface area (Å²) in [6.45, 7) is 4.96. The molecule has 23 heavy (non-hydrogen) atoms. The van der Waals surface area contributed by atoms with Gasteiger partial charge in [0.15, 0.2) is 0 Å². The van der Waals surface area contributed by atoms with E-state index in [0.29, 0.717) is 18.8 Å².